The Hall–Kier alpha value is -1.81. The van der Waals surface area contributed by atoms with Crippen LogP contribution in [0.5, 0.6) is 0 Å². The lowest BCUT2D eigenvalue weighted by Crippen LogP contribution is -2.55. The minimum Gasteiger partial charge on any atom is -0.350 e. The van der Waals surface area contributed by atoms with E-state index in [1.54, 1.807) is 43.3 Å². The van der Waals surface area contributed by atoms with Crippen LogP contribution >= 0.6 is 39.1 Å². The van der Waals surface area contributed by atoms with Crippen LogP contribution < -0.4 is 9.62 Å². The molecule has 2 aromatic carbocycles. The van der Waals surface area contributed by atoms with E-state index in [0.29, 0.717) is 27.7 Å². The van der Waals surface area contributed by atoms with E-state index in [0.717, 1.165) is 20.6 Å². The molecular weight excluding hydrogens is 589 g/mol. The van der Waals surface area contributed by atoms with Gasteiger partial charge in [-0.05, 0) is 70.0 Å². The molecule has 11 heteroatoms. The van der Waals surface area contributed by atoms with Crippen molar-refractivity contribution in [2.45, 2.75) is 59.2 Å². The average Bonchev–Trinajstić information content (AvgIpc) is 2.73. The highest BCUT2D eigenvalue weighted by Crippen LogP contribution is 2.28. The van der Waals surface area contributed by atoms with Crippen LogP contribution in [-0.2, 0) is 26.2 Å². The highest BCUT2D eigenvalue weighted by atomic mass is 79.9. The molecule has 0 aliphatic rings. The number of nitrogens with zero attached hydrogens (tertiary/aromatic N) is 2. The number of anilines is 1. The number of halogens is 3. The molecule has 2 aromatic rings. The first-order valence-electron chi connectivity index (χ1n) is 11.3. The second-order valence-corrected chi connectivity index (χ2v) is 13.2. The Morgan fingerprint density at radius 3 is 2.17 bits per heavy atom. The van der Waals surface area contributed by atoms with E-state index in [1.165, 1.54) is 4.90 Å². The number of carbonyl (C=O) groups is 2. The Morgan fingerprint density at radius 1 is 1.11 bits per heavy atom. The second-order valence-electron chi connectivity index (χ2n) is 9.59. The molecular formula is C25H32BrCl2N3O4S. The first-order valence-corrected chi connectivity index (χ1v) is 14.7. The van der Waals surface area contributed by atoms with Gasteiger partial charge in [-0.3, -0.25) is 13.9 Å². The summed E-state index contributed by atoms with van der Waals surface area (Å²) in [5.41, 5.74) is 1.09. The molecule has 0 spiro atoms. The molecule has 1 atom stereocenters. The third kappa shape index (κ3) is 8.10. The summed E-state index contributed by atoms with van der Waals surface area (Å²) < 4.78 is 27.3. The minimum absolute atomic E-state index is 0.0651. The predicted molar refractivity (Wildman–Crippen MR) is 150 cm³/mol. The smallest absolute Gasteiger partial charge is 0.244 e. The summed E-state index contributed by atoms with van der Waals surface area (Å²) >= 11 is 16.2. The van der Waals surface area contributed by atoms with Gasteiger partial charge in [-0.25, -0.2) is 8.42 Å². The summed E-state index contributed by atoms with van der Waals surface area (Å²) in [5.74, 6) is -0.917. The van der Waals surface area contributed by atoms with Crippen molar-refractivity contribution >= 4 is 66.7 Å². The summed E-state index contributed by atoms with van der Waals surface area (Å²) in [7, 11) is -3.83. The maximum absolute atomic E-state index is 13.8. The zero-order valence-corrected chi connectivity index (χ0v) is 25.1. The number of aryl methyl sites for hydroxylation is 1. The molecule has 2 amide bonds. The van der Waals surface area contributed by atoms with Crippen molar-refractivity contribution in [1.82, 2.24) is 10.2 Å². The van der Waals surface area contributed by atoms with Crippen LogP contribution in [0.2, 0.25) is 10.0 Å². The quantitative estimate of drug-likeness (QED) is 0.398. The topological polar surface area (TPSA) is 86.8 Å². The van der Waals surface area contributed by atoms with Gasteiger partial charge in [0, 0.05) is 32.2 Å². The van der Waals surface area contributed by atoms with Gasteiger partial charge in [0.15, 0.2) is 0 Å². The van der Waals surface area contributed by atoms with Gasteiger partial charge in [0.25, 0.3) is 0 Å². The summed E-state index contributed by atoms with van der Waals surface area (Å²) in [5, 5.41) is 3.60. The van der Waals surface area contributed by atoms with Crippen molar-refractivity contribution in [3.8, 4) is 0 Å². The Kier molecular flexibility index (Phi) is 10.3. The Balaban J connectivity index is 2.54. The number of hydrogen-bond donors (Lipinski definition) is 1. The fourth-order valence-electron chi connectivity index (χ4n) is 3.62. The van der Waals surface area contributed by atoms with Gasteiger partial charge in [0.2, 0.25) is 21.8 Å². The van der Waals surface area contributed by atoms with Crippen LogP contribution in [0.1, 0.15) is 45.2 Å². The number of hydrogen-bond acceptors (Lipinski definition) is 4. The molecule has 0 aromatic heterocycles. The SMILES string of the molecule is CC[C@H](C(=O)NC(C)(C)C)N(Cc1c(Cl)cccc1Cl)C(=O)CN(c1ccc(Br)c(C)c1)S(C)(=O)=O. The van der Waals surface area contributed by atoms with Gasteiger partial charge in [-0.2, -0.15) is 0 Å². The highest BCUT2D eigenvalue weighted by molar-refractivity contribution is 9.10. The third-order valence-corrected chi connectivity index (χ3v) is 8.12. The van der Waals surface area contributed by atoms with Gasteiger partial charge < -0.3 is 10.2 Å². The van der Waals surface area contributed by atoms with Crippen molar-refractivity contribution < 1.29 is 18.0 Å². The highest BCUT2D eigenvalue weighted by Gasteiger charge is 2.33. The van der Waals surface area contributed by atoms with Gasteiger partial charge in [-0.1, -0.05) is 52.1 Å². The van der Waals surface area contributed by atoms with Crippen LogP contribution in [0.4, 0.5) is 5.69 Å². The van der Waals surface area contributed by atoms with Crippen molar-refractivity contribution in [1.29, 1.82) is 0 Å². The number of carbonyl (C=O) groups excluding carboxylic acids is 2. The van der Waals surface area contributed by atoms with Crippen molar-refractivity contribution in [3.63, 3.8) is 0 Å². The fourth-order valence-corrected chi connectivity index (χ4v) is 5.23. The first kappa shape index (κ1) is 30.4. The van der Waals surface area contributed by atoms with Crippen LogP contribution in [0, 0.1) is 6.92 Å². The second kappa shape index (κ2) is 12.2. The van der Waals surface area contributed by atoms with E-state index >= 15 is 0 Å². The predicted octanol–water partition coefficient (Wildman–Crippen LogP) is 5.55. The molecule has 0 heterocycles. The molecule has 2 rings (SSSR count). The lowest BCUT2D eigenvalue weighted by Gasteiger charge is -2.35. The van der Waals surface area contributed by atoms with E-state index in [1.807, 2.05) is 27.7 Å². The maximum atomic E-state index is 13.8. The van der Waals surface area contributed by atoms with Crippen LogP contribution in [-0.4, -0.2) is 49.5 Å². The fraction of sp³-hybridized carbons (Fsp3) is 0.440. The zero-order chi connectivity index (χ0) is 27.4. The Bertz CT molecular complexity index is 1210. The summed E-state index contributed by atoms with van der Waals surface area (Å²) in [6.45, 7) is 8.58. The third-order valence-electron chi connectivity index (χ3n) is 5.38. The number of sulfonamides is 1. The monoisotopic (exact) mass is 619 g/mol. The van der Waals surface area contributed by atoms with Crippen molar-refractivity contribution in [2.24, 2.45) is 0 Å². The largest absolute Gasteiger partial charge is 0.350 e. The lowest BCUT2D eigenvalue weighted by molar-refractivity contribution is -0.141. The molecule has 0 saturated heterocycles. The molecule has 0 fully saturated rings. The van der Waals surface area contributed by atoms with Gasteiger partial charge in [-0.15, -0.1) is 0 Å². The van der Waals surface area contributed by atoms with Crippen LogP contribution in [0.3, 0.4) is 0 Å². The van der Waals surface area contributed by atoms with Crippen molar-refractivity contribution in [2.75, 3.05) is 17.1 Å². The Labute approximate surface area is 232 Å². The van der Waals surface area contributed by atoms with Crippen LogP contribution in [0.25, 0.3) is 0 Å². The molecule has 0 unspecified atom stereocenters. The number of benzene rings is 2. The summed E-state index contributed by atoms with van der Waals surface area (Å²) in [6, 6.07) is 9.12. The molecule has 0 aliphatic carbocycles. The molecule has 0 saturated carbocycles. The van der Waals surface area contributed by atoms with Gasteiger partial charge in [0.1, 0.15) is 12.6 Å². The number of rotatable bonds is 9. The number of nitrogens with one attached hydrogen (secondary N) is 1. The standard InChI is InChI=1S/C25H32BrCl2N3O4S/c1-7-22(24(33)29-25(3,4)5)30(14-18-20(27)9-8-10-21(18)28)23(32)15-31(36(6,34)35)17-11-12-19(26)16(2)13-17/h8-13,22H,7,14-15H2,1-6H3,(H,29,33)/t22-/m1/s1. The molecule has 0 bridgehead atoms. The van der Waals surface area contributed by atoms with Crippen LogP contribution in [0.15, 0.2) is 40.9 Å². The summed E-state index contributed by atoms with van der Waals surface area (Å²) in [4.78, 5) is 28.3. The molecule has 1 N–H and O–H groups in total. The van der Waals surface area contributed by atoms with Crippen molar-refractivity contribution in [3.05, 3.63) is 62.0 Å². The maximum Gasteiger partial charge on any atom is 0.244 e. The van der Waals surface area contributed by atoms with E-state index in [2.05, 4.69) is 21.2 Å². The van der Waals surface area contributed by atoms with E-state index < -0.39 is 34.1 Å². The molecule has 0 aliphatic heterocycles. The number of amides is 2. The molecule has 198 valence electrons. The van der Waals surface area contributed by atoms with E-state index in [9.17, 15) is 18.0 Å². The van der Waals surface area contributed by atoms with E-state index in [4.69, 9.17) is 23.2 Å². The lowest BCUT2D eigenvalue weighted by atomic mass is 10.1. The van der Waals surface area contributed by atoms with Gasteiger partial charge >= 0.3 is 0 Å². The first-order chi connectivity index (χ1) is 16.5. The van der Waals surface area contributed by atoms with Gasteiger partial charge in [0.05, 0.1) is 11.9 Å². The average molecular weight is 621 g/mol. The normalized spacial score (nSPS) is 12.7. The molecule has 0 radical (unpaired) electrons. The molecule has 7 nitrogen and oxygen atoms in total. The minimum atomic E-state index is -3.83. The zero-order valence-electron chi connectivity index (χ0n) is 21.2. The Morgan fingerprint density at radius 2 is 1.69 bits per heavy atom. The molecule has 36 heavy (non-hydrogen) atoms. The summed E-state index contributed by atoms with van der Waals surface area (Å²) in [6.07, 6.45) is 1.34. The van der Waals surface area contributed by atoms with E-state index in [-0.39, 0.29) is 12.5 Å².